The summed E-state index contributed by atoms with van der Waals surface area (Å²) < 4.78 is 0. The van der Waals surface area contributed by atoms with Crippen LogP contribution in [0.4, 0.5) is 0 Å². The molecule has 0 bridgehead atoms. The van der Waals surface area contributed by atoms with E-state index in [1.807, 2.05) is 146 Å². The first-order chi connectivity index (χ1) is 19.6. The minimum absolute atomic E-state index is 0.592. The smallest absolute Gasteiger partial charge is 0.152 e. The zero-order chi connectivity index (χ0) is 27.4. The summed E-state index contributed by atoms with van der Waals surface area (Å²) in [7, 11) is 0. The number of rotatable bonds is 7. The van der Waals surface area contributed by atoms with E-state index in [9.17, 15) is 10.2 Å². The molecule has 6 aromatic carbocycles. The Morgan fingerprint density at radius 2 is 0.475 bits per heavy atom. The zero-order valence-corrected chi connectivity index (χ0v) is 22.1. The molecule has 6 aromatic rings. The fraction of sp³-hybridized carbons (Fsp3) is 0.0526. The van der Waals surface area contributed by atoms with Crippen LogP contribution in [0.3, 0.4) is 0 Å². The monoisotopic (exact) mass is 518 g/mol. The highest BCUT2D eigenvalue weighted by atomic mass is 16.4. The summed E-state index contributed by atoms with van der Waals surface area (Å²) in [6.07, 6.45) is 0. The van der Waals surface area contributed by atoms with E-state index >= 15 is 0 Å². The minimum atomic E-state index is -1.82. The first-order valence-corrected chi connectivity index (χ1v) is 13.5. The van der Waals surface area contributed by atoms with E-state index in [4.69, 9.17) is 0 Å². The molecule has 0 aliphatic carbocycles. The molecule has 0 saturated heterocycles. The van der Waals surface area contributed by atoms with E-state index in [1.54, 1.807) is 0 Å². The molecule has 0 amide bonds. The van der Waals surface area contributed by atoms with Crippen molar-refractivity contribution in [3.05, 3.63) is 192 Å². The summed E-state index contributed by atoms with van der Waals surface area (Å²) in [5.41, 5.74) is 3.02. The summed E-state index contributed by atoms with van der Waals surface area (Å²) in [5.74, 6) is 0. The molecule has 194 valence electrons. The SMILES string of the molecule is OC(c1ccccc1)(c1ccccc1)C(O)(c1ccc(-c2ccccc2)cc1)c1ccc(-c2ccccc2)cc1. The lowest BCUT2D eigenvalue weighted by Crippen LogP contribution is -2.51. The molecule has 0 heterocycles. The summed E-state index contributed by atoms with van der Waals surface area (Å²) >= 11 is 0. The average Bonchev–Trinajstić information content (AvgIpc) is 3.06. The fourth-order valence-corrected chi connectivity index (χ4v) is 5.60. The molecule has 0 aromatic heterocycles. The maximum atomic E-state index is 13.1. The van der Waals surface area contributed by atoms with Gasteiger partial charge < -0.3 is 10.2 Å². The van der Waals surface area contributed by atoms with E-state index in [0.29, 0.717) is 22.3 Å². The lowest BCUT2D eigenvalue weighted by molar-refractivity contribution is -0.113. The predicted molar refractivity (Wildman–Crippen MR) is 163 cm³/mol. The Bertz CT molecular complexity index is 1540. The first-order valence-electron chi connectivity index (χ1n) is 13.5. The van der Waals surface area contributed by atoms with Gasteiger partial charge in [-0.1, -0.05) is 170 Å². The molecular weight excluding hydrogens is 488 g/mol. The molecule has 40 heavy (non-hydrogen) atoms. The maximum absolute atomic E-state index is 13.1. The molecule has 0 aliphatic rings. The summed E-state index contributed by atoms with van der Waals surface area (Å²) in [6.45, 7) is 0. The third kappa shape index (κ3) is 4.44. The average molecular weight is 519 g/mol. The van der Waals surface area contributed by atoms with Crippen molar-refractivity contribution in [2.75, 3.05) is 0 Å². The minimum Gasteiger partial charge on any atom is -0.377 e. The Kier molecular flexibility index (Phi) is 6.88. The van der Waals surface area contributed by atoms with Gasteiger partial charge in [0.15, 0.2) is 11.2 Å². The lowest BCUT2D eigenvalue weighted by Gasteiger charge is -2.45. The van der Waals surface area contributed by atoms with E-state index in [2.05, 4.69) is 24.3 Å². The molecule has 0 saturated carbocycles. The molecular formula is C38H30O2. The van der Waals surface area contributed by atoms with Gasteiger partial charge in [0.1, 0.15) is 0 Å². The summed E-state index contributed by atoms with van der Waals surface area (Å²) in [4.78, 5) is 0. The van der Waals surface area contributed by atoms with Crippen LogP contribution in [0.15, 0.2) is 170 Å². The normalized spacial score (nSPS) is 11.8. The number of aliphatic hydroxyl groups is 2. The second-order valence-electron chi connectivity index (χ2n) is 10.0. The van der Waals surface area contributed by atoms with Crippen LogP contribution in [0.5, 0.6) is 0 Å². The molecule has 0 fully saturated rings. The highest BCUT2D eigenvalue weighted by Crippen LogP contribution is 2.50. The van der Waals surface area contributed by atoms with Crippen LogP contribution in [0.25, 0.3) is 22.3 Å². The second-order valence-corrected chi connectivity index (χ2v) is 10.0. The molecule has 0 spiro atoms. The van der Waals surface area contributed by atoms with Crippen molar-refractivity contribution in [1.29, 1.82) is 0 Å². The van der Waals surface area contributed by atoms with Crippen molar-refractivity contribution < 1.29 is 10.2 Å². The van der Waals surface area contributed by atoms with Gasteiger partial charge in [0.05, 0.1) is 0 Å². The number of benzene rings is 6. The molecule has 0 atom stereocenters. The third-order valence-corrected chi connectivity index (χ3v) is 7.73. The molecule has 6 rings (SSSR count). The molecule has 0 aliphatic heterocycles. The second kappa shape index (κ2) is 10.8. The van der Waals surface area contributed by atoms with Crippen LogP contribution in [0.2, 0.25) is 0 Å². The highest BCUT2D eigenvalue weighted by molar-refractivity contribution is 5.66. The Morgan fingerprint density at radius 3 is 0.775 bits per heavy atom. The van der Waals surface area contributed by atoms with Crippen molar-refractivity contribution >= 4 is 0 Å². The van der Waals surface area contributed by atoms with Crippen LogP contribution < -0.4 is 0 Å². The van der Waals surface area contributed by atoms with Gasteiger partial charge in [-0.15, -0.1) is 0 Å². The topological polar surface area (TPSA) is 40.5 Å². The predicted octanol–water partition coefficient (Wildman–Crippen LogP) is 8.19. The Hall–Kier alpha value is -4.76. The van der Waals surface area contributed by atoms with Gasteiger partial charge in [-0.3, -0.25) is 0 Å². The van der Waals surface area contributed by atoms with E-state index in [1.165, 1.54) is 0 Å². The largest absolute Gasteiger partial charge is 0.377 e. The van der Waals surface area contributed by atoms with Gasteiger partial charge in [-0.2, -0.15) is 0 Å². The van der Waals surface area contributed by atoms with Crippen molar-refractivity contribution in [2.45, 2.75) is 11.2 Å². The first kappa shape index (κ1) is 25.5. The summed E-state index contributed by atoms with van der Waals surface area (Å²) in [6, 6.07) is 54.9. The van der Waals surface area contributed by atoms with E-state index in [0.717, 1.165) is 22.3 Å². The zero-order valence-electron chi connectivity index (χ0n) is 22.1. The quantitative estimate of drug-likeness (QED) is 0.224. The van der Waals surface area contributed by atoms with Gasteiger partial charge in [-0.25, -0.2) is 0 Å². The Balaban J connectivity index is 1.57. The van der Waals surface area contributed by atoms with E-state index in [-0.39, 0.29) is 0 Å². The van der Waals surface area contributed by atoms with Crippen LogP contribution in [-0.2, 0) is 11.2 Å². The maximum Gasteiger partial charge on any atom is 0.152 e. The van der Waals surface area contributed by atoms with Crippen molar-refractivity contribution in [2.24, 2.45) is 0 Å². The number of hydrogen-bond donors (Lipinski definition) is 2. The van der Waals surface area contributed by atoms with Crippen LogP contribution in [-0.4, -0.2) is 10.2 Å². The van der Waals surface area contributed by atoms with Gasteiger partial charge in [0.25, 0.3) is 0 Å². The molecule has 2 heteroatoms. The Morgan fingerprint density at radius 1 is 0.250 bits per heavy atom. The van der Waals surface area contributed by atoms with Gasteiger partial charge >= 0.3 is 0 Å². The van der Waals surface area contributed by atoms with Crippen LogP contribution in [0.1, 0.15) is 22.3 Å². The molecule has 2 nitrogen and oxygen atoms in total. The molecule has 2 N–H and O–H groups in total. The standard InChI is InChI=1S/C38H30O2/c39-37(33-17-9-3-10-18-33,34-19-11-4-12-20-34)38(40,35-25-21-31(22-26-35)29-13-5-1-6-14-29)36-27-23-32(24-28-36)30-15-7-2-8-16-30/h1-28,39-40H. The van der Waals surface area contributed by atoms with E-state index < -0.39 is 11.2 Å². The molecule has 0 unspecified atom stereocenters. The van der Waals surface area contributed by atoms with Crippen LogP contribution >= 0.6 is 0 Å². The van der Waals surface area contributed by atoms with Gasteiger partial charge in [-0.05, 0) is 44.5 Å². The summed E-state index contributed by atoms with van der Waals surface area (Å²) in [5, 5.41) is 26.0. The Labute approximate surface area is 235 Å². The van der Waals surface area contributed by atoms with Crippen molar-refractivity contribution in [3.8, 4) is 22.3 Å². The van der Waals surface area contributed by atoms with Crippen molar-refractivity contribution in [1.82, 2.24) is 0 Å². The lowest BCUT2D eigenvalue weighted by atomic mass is 9.66. The highest BCUT2D eigenvalue weighted by Gasteiger charge is 2.54. The number of hydrogen-bond acceptors (Lipinski definition) is 2. The van der Waals surface area contributed by atoms with Gasteiger partial charge in [0.2, 0.25) is 0 Å². The fourth-order valence-electron chi connectivity index (χ4n) is 5.60. The molecule has 0 radical (unpaired) electrons. The van der Waals surface area contributed by atoms with Crippen molar-refractivity contribution in [3.63, 3.8) is 0 Å². The third-order valence-electron chi connectivity index (χ3n) is 7.73. The van der Waals surface area contributed by atoms with Gasteiger partial charge in [0, 0.05) is 0 Å². The van der Waals surface area contributed by atoms with Crippen LogP contribution in [0, 0.1) is 0 Å².